The monoisotopic (exact) mass is 262 g/mol. The van der Waals surface area contributed by atoms with Crippen molar-refractivity contribution in [2.24, 2.45) is 0 Å². The van der Waals surface area contributed by atoms with Gasteiger partial charge in [-0.25, -0.2) is 12.7 Å². The number of piperidine rings is 1. The molecular weight excluding hydrogens is 236 g/mol. The maximum atomic E-state index is 12.1. The van der Waals surface area contributed by atoms with Crippen LogP contribution < -0.4 is 5.32 Å². The number of sulfonamides is 1. The van der Waals surface area contributed by atoms with Gasteiger partial charge in [-0.3, -0.25) is 0 Å². The first kappa shape index (κ1) is 14.9. The van der Waals surface area contributed by atoms with Gasteiger partial charge in [0.05, 0.1) is 5.75 Å². The lowest BCUT2D eigenvalue weighted by Gasteiger charge is -2.29. The van der Waals surface area contributed by atoms with Gasteiger partial charge in [0.25, 0.3) is 0 Å². The Morgan fingerprint density at radius 1 is 1.29 bits per heavy atom. The van der Waals surface area contributed by atoms with Crippen LogP contribution in [0, 0.1) is 0 Å². The van der Waals surface area contributed by atoms with Gasteiger partial charge in [-0.15, -0.1) is 0 Å². The maximum absolute atomic E-state index is 12.1. The van der Waals surface area contributed by atoms with Crippen LogP contribution in [0.15, 0.2) is 0 Å². The molecule has 1 aliphatic heterocycles. The molecule has 1 rings (SSSR count). The van der Waals surface area contributed by atoms with Gasteiger partial charge < -0.3 is 5.32 Å². The van der Waals surface area contributed by atoms with Crippen LogP contribution in [0.2, 0.25) is 0 Å². The second-order valence-corrected chi connectivity index (χ2v) is 6.86. The van der Waals surface area contributed by atoms with Crippen molar-refractivity contribution in [3.05, 3.63) is 0 Å². The van der Waals surface area contributed by atoms with E-state index in [9.17, 15) is 8.42 Å². The zero-order chi connectivity index (χ0) is 12.7. The van der Waals surface area contributed by atoms with Crippen molar-refractivity contribution in [2.75, 3.05) is 25.4 Å². The minimum atomic E-state index is -3.04. The number of likely N-dealkylation sites (N-methyl/N-ethyl adjacent to an activating group) is 1. The summed E-state index contributed by atoms with van der Waals surface area (Å²) in [5.74, 6) is 0.296. The molecule has 1 fully saturated rings. The summed E-state index contributed by atoms with van der Waals surface area (Å²) in [5, 5.41) is 3.41. The fourth-order valence-electron chi connectivity index (χ4n) is 2.22. The first-order chi connectivity index (χ1) is 8.10. The predicted octanol–water partition coefficient (Wildman–Crippen LogP) is 1.58. The quantitative estimate of drug-likeness (QED) is 0.758. The summed E-state index contributed by atoms with van der Waals surface area (Å²) in [4.78, 5) is 0. The topological polar surface area (TPSA) is 49.4 Å². The van der Waals surface area contributed by atoms with Gasteiger partial charge in [0.15, 0.2) is 0 Å². The van der Waals surface area contributed by atoms with Gasteiger partial charge in [-0.05, 0) is 25.8 Å². The summed E-state index contributed by atoms with van der Waals surface area (Å²) in [6.07, 6.45) is 5.21. The summed E-state index contributed by atoms with van der Waals surface area (Å²) < 4.78 is 25.8. The lowest BCUT2D eigenvalue weighted by Crippen LogP contribution is -2.46. The molecule has 1 atom stereocenters. The molecule has 0 radical (unpaired) electrons. The molecule has 0 spiro atoms. The molecule has 0 aliphatic carbocycles. The van der Waals surface area contributed by atoms with Crippen molar-refractivity contribution in [3.63, 3.8) is 0 Å². The Bertz CT molecular complexity index is 298. The van der Waals surface area contributed by atoms with E-state index >= 15 is 0 Å². The normalized spacial score (nSPS) is 21.9. The van der Waals surface area contributed by atoms with Gasteiger partial charge in [0.1, 0.15) is 0 Å². The standard InChI is InChI=1S/C12H26N2O2S/c1-3-5-10-17(15,16)14(4-2)11-12-8-6-7-9-13-12/h12-13H,3-11H2,1-2H3. The minimum absolute atomic E-state index is 0.296. The number of nitrogens with one attached hydrogen (secondary N) is 1. The molecule has 0 aromatic rings. The molecule has 1 unspecified atom stereocenters. The van der Waals surface area contributed by atoms with Crippen LogP contribution in [0.3, 0.4) is 0 Å². The molecule has 1 saturated heterocycles. The predicted molar refractivity (Wildman–Crippen MR) is 71.6 cm³/mol. The first-order valence-corrected chi connectivity index (χ1v) is 8.42. The lowest BCUT2D eigenvalue weighted by atomic mass is 10.1. The van der Waals surface area contributed by atoms with Crippen LogP contribution in [-0.4, -0.2) is 44.2 Å². The molecule has 1 aliphatic rings. The van der Waals surface area contributed by atoms with Gasteiger partial charge in [0, 0.05) is 19.1 Å². The van der Waals surface area contributed by atoms with Gasteiger partial charge in [0.2, 0.25) is 10.0 Å². The molecule has 0 saturated carbocycles. The Morgan fingerprint density at radius 3 is 2.59 bits per heavy atom. The van der Waals surface area contributed by atoms with E-state index in [2.05, 4.69) is 5.32 Å². The zero-order valence-electron chi connectivity index (χ0n) is 11.1. The van der Waals surface area contributed by atoms with E-state index < -0.39 is 10.0 Å². The summed E-state index contributed by atoms with van der Waals surface area (Å²) in [6.45, 7) is 6.20. The van der Waals surface area contributed by atoms with Gasteiger partial charge in [-0.2, -0.15) is 0 Å². The fraction of sp³-hybridized carbons (Fsp3) is 1.00. The Morgan fingerprint density at radius 2 is 2.06 bits per heavy atom. The molecular formula is C12H26N2O2S. The van der Waals surface area contributed by atoms with E-state index in [1.165, 1.54) is 12.8 Å². The molecule has 0 aromatic carbocycles. The van der Waals surface area contributed by atoms with Gasteiger partial charge in [-0.1, -0.05) is 26.7 Å². The average Bonchev–Trinajstić information content (AvgIpc) is 2.34. The number of rotatable bonds is 7. The third-order valence-corrected chi connectivity index (χ3v) is 5.34. The minimum Gasteiger partial charge on any atom is -0.313 e. The largest absolute Gasteiger partial charge is 0.313 e. The molecule has 0 aromatic heterocycles. The highest BCUT2D eigenvalue weighted by Crippen LogP contribution is 2.12. The lowest BCUT2D eigenvalue weighted by molar-refractivity contribution is 0.319. The molecule has 4 nitrogen and oxygen atoms in total. The average molecular weight is 262 g/mol. The highest BCUT2D eigenvalue weighted by atomic mass is 32.2. The van der Waals surface area contributed by atoms with Crippen molar-refractivity contribution >= 4 is 10.0 Å². The highest BCUT2D eigenvalue weighted by molar-refractivity contribution is 7.89. The Balaban J connectivity index is 2.51. The molecule has 102 valence electrons. The molecule has 1 heterocycles. The Hall–Kier alpha value is -0.130. The summed E-state index contributed by atoms with van der Waals surface area (Å²) in [6, 6.07) is 0.347. The third-order valence-electron chi connectivity index (χ3n) is 3.34. The van der Waals surface area contributed by atoms with E-state index in [1.807, 2.05) is 13.8 Å². The van der Waals surface area contributed by atoms with Crippen molar-refractivity contribution in [2.45, 2.75) is 52.0 Å². The van der Waals surface area contributed by atoms with Crippen LogP contribution >= 0.6 is 0 Å². The SMILES string of the molecule is CCCCS(=O)(=O)N(CC)CC1CCCCN1. The number of hydrogen-bond acceptors (Lipinski definition) is 3. The van der Waals surface area contributed by atoms with E-state index in [-0.39, 0.29) is 0 Å². The Kier molecular flexibility index (Phi) is 6.44. The van der Waals surface area contributed by atoms with Crippen LogP contribution in [-0.2, 0) is 10.0 Å². The van der Waals surface area contributed by atoms with E-state index in [0.29, 0.717) is 24.9 Å². The molecule has 1 N–H and O–H groups in total. The second kappa shape index (κ2) is 7.34. The van der Waals surface area contributed by atoms with Gasteiger partial charge >= 0.3 is 0 Å². The van der Waals surface area contributed by atoms with Crippen molar-refractivity contribution in [1.82, 2.24) is 9.62 Å². The highest BCUT2D eigenvalue weighted by Gasteiger charge is 2.24. The van der Waals surface area contributed by atoms with E-state index in [4.69, 9.17) is 0 Å². The Labute approximate surface area is 106 Å². The third kappa shape index (κ3) is 4.94. The second-order valence-electron chi connectivity index (χ2n) is 4.77. The zero-order valence-corrected chi connectivity index (χ0v) is 11.9. The van der Waals surface area contributed by atoms with Crippen molar-refractivity contribution in [1.29, 1.82) is 0 Å². The smallest absolute Gasteiger partial charge is 0.214 e. The van der Waals surface area contributed by atoms with E-state index in [0.717, 1.165) is 25.8 Å². The summed E-state index contributed by atoms with van der Waals surface area (Å²) >= 11 is 0. The molecule has 0 amide bonds. The van der Waals surface area contributed by atoms with Crippen LogP contribution in [0.5, 0.6) is 0 Å². The van der Waals surface area contributed by atoms with Crippen LogP contribution in [0.4, 0.5) is 0 Å². The fourth-order valence-corrected chi connectivity index (χ4v) is 3.93. The summed E-state index contributed by atoms with van der Waals surface area (Å²) in [7, 11) is -3.04. The number of unbranched alkanes of at least 4 members (excludes halogenated alkanes) is 1. The van der Waals surface area contributed by atoms with Crippen molar-refractivity contribution in [3.8, 4) is 0 Å². The maximum Gasteiger partial charge on any atom is 0.214 e. The molecule has 5 heteroatoms. The van der Waals surface area contributed by atoms with Crippen molar-refractivity contribution < 1.29 is 8.42 Å². The molecule has 17 heavy (non-hydrogen) atoms. The van der Waals surface area contributed by atoms with E-state index in [1.54, 1.807) is 4.31 Å². The van der Waals surface area contributed by atoms with Crippen LogP contribution in [0.25, 0.3) is 0 Å². The number of nitrogens with zero attached hydrogens (tertiary/aromatic N) is 1. The molecule has 0 bridgehead atoms. The first-order valence-electron chi connectivity index (χ1n) is 6.81. The van der Waals surface area contributed by atoms with Crippen LogP contribution in [0.1, 0.15) is 46.0 Å². The summed E-state index contributed by atoms with van der Waals surface area (Å²) in [5.41, 5.74) is 0. The number of hydrogen-bond donors (Lipinski definition) is 1.